The summed E-state index contributed by atoms with van der Waals surface area (Å²) in [6.07, 6.45) is 2.74. The molecule has 0 spiro atoms. The first kappa shape index (κ1) is 35.1. The van der Waals surface area contributed by atoms with Crippen LogP contribution in [0.4, 0.5) is 16.2 Å². The lowest BCUT2D eigenvalue weighted by Crippen LogP contribution is -2.47. The number of sulfonamides is 1. The summed E-state index contributed by atoms with van der Waals surface area (Å²) in [5.74, 6) is -0.288. The highest BCUT2D eigenvalue weighted by molar-refractivity contribution is 7.88. The number of fused-ring (bicyclic) bond motifs is 2. The first-order chi connectivity index (χ1) is 21.9. The molecule has 11 nitrogen and oxygen atoms in total. The van der Waals surface area contributed by atoms with Crippen molar-refractivity contribution in [3.05, 3.63) is 66.2 Å². The van der Waals surface area contributed by atoms with Crippen molar-refractivity contribution in [2.75, 3.05) is 50.2 Å². The van der Waals surface area contributed by atoms with Gasteiger partial charge in [-0.25, -0.2) is 17.5 Å². The molecule has 3 N–H and O–H groups in total. The molecule has 0 saturated heterocycles. The van der Waals surface area contributed by atoms with Gasteiger partial charge < -0.3 is 30.1 Å². The van der Waals surface area contributed by atoms with Gasteiger partial charge in [-0.3, -0.25) is 4.79 Å². The Balaban J connectivity index is 1.64. The van der Waals surface area contributed by atoms with Gasteiger partial charge in [-0.15, -0.1) is 0 Å². The van der Waals surface area contributed by atoms with Gasteiger partial charge in [0, 0.05) is 43.7 Å². The molecule has 1 aliphatic rings. The van der Waals surface area contributed by atoms with Crippen LogP contribution in [0.25, 0.3) is 10.8 Å². The van der Waals surface area contributed by atoms with Crippen LogP contribution in [-0.4, -0.2) is 92.5 Å². The first-order valence-corrected chi connectivity index (χ1v) is 17.5. The van der Waals surface area contributed by atoms with E-state index in [9.17, 15) is 23.1 Å². The number of urea groups is 1. The summed E-state index contributed by atoms with van der Waals surface area (Å²) in [6, 6.07) is 17.3. The van der Waals surface area contributed by atoms with Crippen LogP contribution in [0.2, 0.25) is 0 Å². The van der Waals surface area contributed by atoms with Gasteiger partial charge in [-0.05, 0) is 62.8 Å². The highest BCUT2D eigenvalue weighted by atomic mass is 32.2. The van der Waals surface area contributed by atoms with E-state index in [0.29, 0.717) is 30.2 Å². The molecule has 0 unspecified atom stereocenters. The number of aliphatic hydroxyl groups excluding tert-OH is 1. The number of benzene rings is 3. The average molecular weight is 655 g/mol. The van der Waals surface area contributed by atoms with Gasteiger partial charge >= 0.3 is 6.03 Å². The lowest BCUT2D eigenvalue weighted by Gasteiger charge is -2.35. The summed E-state index contributed by atoms with van der Waals surface area (Å²) >= 11 is 0. The lowest BCUT2D eigenvalue weighted by atomic mass is 10.0. The number of anilines is 2. The summed E-state index contributed by atoms with van der Waals surface area (Å²) in [5.41, 5.74) is 1.28. The van der Waals surface area contributed by atoms with Crippen molar-refractivity contribution in [3.63, 3.8) is 0 Å². The zero-order chi connectivity index (χ0) is 33.4. The zero-order valence-corrected chi connectivity index (χ0v) is 28.0. The van der Waals surface area contributed by atoms with Crippen molar-refractivity contribution < 1.29 is 32.6 Å². The molecule has 0 aliphatic carbocycles. The smallest absolute Gasteiger partial charge is 0.323 e. The van der Waals surface area contributed by atoms with E-state index in [-0.39, 0.29) is 43.2 Å². The van der Waals surface area contributed by atoms with E-state index in [1.54, 1.807) is 30.0 Å². The molecule has 3 aromatic carbocycles. The first-order valence-electron chi connectivity index (χ1n) is 15.7. The molecule has 4 atom stereocenters. The third kappa shape index (κ3) is 9.18. The van der Waals surface area contributed by atoms with Crippen molar-refractivity contribution >= 4 is 44.1 Å². The summed E-state index contributed by atoms with van der Waals surface area (Å²) in [6.45, 7) is 6.06. The Hall–Kier alpha value is -3.71. The van der Waals surface area contributed by atoms with E-state index in [1.807, 2.05) is 56.3 Å². The molecular weight excluding hydrogens is 608 g/mol. The summed E-state index contributed by atoms with van der Waals surface area (Å²) < 4.78 is 38.1. The molecule has 46 heavy (non-hydrogen) atoms. The van der Waals surface area contributed by atoms with Crippen LogP contribution in [0.5, 0.6) is 5.75 Å². The Morgan fingerprint density at radius 3 is 2.57 bits per heavy atom. The van der Waals surface area contributed by atoms with Gasteiger partial charge in [0.1, 0.15) is 5.75 Å². The van der Waals surface area contributed by atoms with Crippen molar-refractivity contribution in [1.29, 1.82) is 0 Å². The number of hydrogen-bond donors (Lipinski definition) is 3. The van der Waals surface area contributed by atoms with E-state index >= 15 is 0 Å². The van der Waals surface area contributed by atoms with Gasteiger partial charge in [-0.2, -0.15) is 0 Å². The molecule has 0 bridgehead atoms. The van der Waals surface area contributed by atoms with E-state index in [0.717, 1.165) is 29.9 Å². The van der Waals surface area contributed by atoms with E-state index in [4.69, 9.17) is 9.47 Å². The number of carbonyl (C=O) groups is 2. The van der Waals surface area contributed by atoms with E-state index < -0.39 is 28.2 Å². The van der Waals surface area contributed by atoms with Gasteiger partial charge in [-0.1, -0.05) is 43.3 Å². The number of nitrogens with one attached hydrogen (secondary N) is 2. The Morgan fingerprint density at radius 2 is 1.83 bits per heavy atom. The Bertz CT molecular complexity index is 1610. The second-order valence-corrected chi connectivity index (χ2v) is 14.2. The monoisotopic (exact) mass is 654 g/mol. The maximum atomic E-state index is 14.3. The van der Waals surface area contributed by atoms with Crippen molar-refractivity contribution in [2.24, 2.45) is 5.92 Å². The molecule has 0 saturated carbocycles. The predicted octanol–water partition coefficient (Wildman–Crippen LogP) is 5.17. The minimum absolute atomic E-state index is 0.130. The van der Waals surface area contributed by atoms with Gasteiger partial charge in [0.15, 0.2) is 0 Å². The number of nitrogens with zero attached hydrogens (tertiary/aromatic N) is 2. The summed E-state index contributed by atoms with van der Waals surface area (Å²) in [5, 5.41) is 17.8. The maximum Gasteiger partial charge on any atom is 0.323 e. The number of likely N-dealkylation sites (N-methyl/N-ethyl adjacent to an activating group) is 1. The number of hydrogen-bond acceptors (Lipinski definition) is 7. The van der Waals surface area contributed by atoms with Crippen LogP contribution in [0.3, 0.4) is 0 Å². The van der Waals surface area contributed by atoms with Crippen molar-refractivity contribution in [1.82, 2.24) is 9.21 Å². The SMILES string of the molecule is C[C@@H]1CN([C@H](C)CO)C(=O)c2cc(NC(=O)Nc3cccc4ccccc34)ccc2O[C@@H](C)CCCCO[C@H]1CN(C)S(C)(=O)=O. The fourth-order valence-corrected chi connectivity index (χ4v) is 5.89. The quantitative estimate of drug-likeness (QED) is 0.320. The molecule has 250 valence electrons. The molecule has 0 radical (unpaired) electrons. The second kappa shape index (κ2) is 15.7. The number of carbonyl (C=O) groups excluding carboxylic acids is 2. The minimum atomic E-state index is -3.45. The molecular formula is C34H46N4O7S. The number of ether oxygens (including phenoxy) is 2. The third-order valence-corrected chi connectivity index (χ3v) is 9.63. The van der Waals surface area contributed by atoms with Crippen LogP contribution in [0.15, 0.2) is 60.7 Å². The van der Waals surface area contributed by atoms with Crippen LogP contribution in [0.1, 0.15) is 50.4 Å². The third-order valence-electron chi connectivity index (χ3n) is 8.35. The predicted molar refractivity (Wildman–Crippen MR) is 181 cm³/mol. The Morgan fingerprint density at radius 1 is 1.09 bits per heavy atom. The normalized spacial score (nSPS) is 20.8. The highest BCUT2D eigenvalue weighted by Crippen LogP contribution is 2.29. The summed E-state index contributed by atoms with van der Waals surface area (Å²) in [4.78, 5) is 29.0. The Labute approximate surface area is 271 Å². The molecule has 3 aromatic rings. The zero-order valence-electron chi connectivity index (χ0n) is 27.2. The van der Waals surface area contributed by atoms with Crippen molar-refractivity contribution in [3.8, 4) is 5.75 Å². The van der Waals surface area contributed by atoms with Gasteiger partial charge in [0.2, 0.25) is 10.0 Å². The maximum absolute atomic E-state index is 14.3. The highest BCUT2D eigenvalue weighted by Gasteiger charge is 2.31. The number of rotatable bonds is 7. The Kier molecular flexibility index (Phi) is 12.0. The van der Waals surface area contributed by atoms with Gasteiger partial charge in [0.25, 0.3) is 5.91 Å². The molecule has 4 rings (SSSR count). The fraction of sp³-hybridized carbons (Fsp3) is 0.471. The van der Waals surface area contributed by atoms with Crippen LogP contribution in [0, 0.1) is 5.92 Å². The minimum Gasteiger partial charge on any atom is -0.490 e. The largest absolute Gasteiger partial charge is 0.490 e. The van der Waals surface area contributed by atoms with Crippen LogP contribution in [-0.2, 0) is 14.8 Å². The molecule has 3 amide bonds. The van der Waals surface area contributed by atoms with E-state index in [2.05, 4.69) is 10.6 Å². The average Bonchev–Trinajstić information content (AvgIpc) is 3.02. The van der Waals surface area contributed by atoms with Crippen LogP contribution < -0.4 is 15.4 Å². The second-order valence-electron chi connectivity index (χ2n) is 12.2. The summed E-state index contributed by atoms with van der Waals surface area (Å²) in [7, 11) is -1.94. The molecule has 0 aromatic heterocycles. The fourth-order valence-electron chi connectivity index (χ4n) is 5.47. The van der Waals surface area contributed by atoms with E-state index in [1.165, 1.54) is 11.4 Å². The van der Waals surface area contributed by atoms with Gasteiger partial charge in [0.05, 0.1) is 42.4 Å². The lowest BCUT2D eigenvalue weighted by molar-refractivity contribution is -0.00828. The standard InChI is InChI=1S/C34H46N4O7S/c1-23-20-38(24(2)22-39)33(40)29-19-27(35-34(41)36-30-15-10-13-26-12-6-7-14-28(26)30)16-17-31(29)45-25(3)11-8-9-18-44-32(23)21-37(4)46(5,42)43/h6-7,10,12-17,19,23-25,32,39H,8-9,11,18,20-22H2,1-5H3,(H2,35,36,41)/t23-,24-,25+,32+/m1/s1. The molecule has 12 heteroatoms. The van der Waals surface area contributed by atoms with Crippen LogP contribution >= 0.6 is 0 Å². The number of aliphatic hydroxyl groups is 1. The van der Waals surface area contributed by atoms with Crippen molar-refractivity contribution in [2.45, 2.75) is 58.3 Å². The number of amides is 3. The molecule has 1 aliphatic heterocycles. The molecule has 0 fully saturated rings. The molecule has 1 heterocycles. The topological polar surface area (TPSA) is 138 Å².